The Bertz CT molecular complexity index is 635. The Morgan fingerprint density at radius 3 is 2.68 bits per heavy atom. The molecule has 1 N–H and O–H groups in total. The van der Waals surface area contributed by atoms with Crippen LogP contribution in [0.2, 0.25) is 0 Å². The minimum Gasteiger partial charge on any atom is -0.349 e. The fourth-order valence-electron chi connectivity index (χ4n) is 2.55. The SMILES string of the molecule is O=C(NC1CCN(C(=O)c2cccs2)CC1)c1cccnc1. The summed E-state index contributed by atoms with van der Waals surface area (Å²) in [5, 5.41) is 4.93. The van der Waals surface area contributed by atoms with Crippen LogP contribution in [-0.2, 0) is 0 Å². The van der Waals surface area contributed by atoms with Crippen LogP contribution in [0.25, 0.3) is 0 Å². The number of nitrogens with zero attached hydrogens (tertiary/aromatic N) is 2. The molecule has 0 aliphatic carbocycles. The van der Waals surface area contributed by atoms with E-state index in [1.54, 1.807) is 24.5 Å². The summed E-state index contributed by atoms with van der Waals surface area (Å²) in [6, 6.07) is 7.34. The Hall–Kier alpha value is -2.21. The van der Waals surface area contributed by atoms with E-state index in [9.17, 15) is 9.59 Å². The maximum Gasteiger partial charge on any atom is 0.263 e. The quantitative estimate of drug-likeness (QED) is 0.944. The van der Waals surface area contributed by atoms with Gasteiger partial charge in [-0.25, -0.2) is 0 Å². The lowest BCUT2D eigenvalue weighted by atomic mass is 10.0. The summed E-state index contributed by atoms with van der Waals surface area (Å²) >= 11 is 1.47. The van der Waals surface area contributed by atoms with Crippen molar-refractivity contribution in [1.29, 1.82) is 0 Å². The number of hydrogen-bond acceptors (Lipinski definition) is 4. The molecule has 0 atom stereocenters. The number of rotatable bonds is 3. The van der Waals surface area contributed by atoms with Gasteiger partial charge in [-0.15, -0.1) is 11.3 Å². The lowest BCUT2D eigenvalue weighted by Gasteiger charge is -2.32. The predicted molar refractivity (Wildman–Crippen MR) is 84.9 cm³/mol. The van der Waals surface area contributed by atoms with E-state index in [4.69, 9.17) is 0 Å². The van der Waals surface area contributed by atoms with Gasteiger partial charge in [-0.1, -0.05) is 6.07 Å². The van der Waals surface area contributed by atoms with Gasteiger partial charge in [0, 0.05) is 31.5 Å². The molecule has 0 unspecified atom stereocenters. The third-order valence-corrected chi connectivity index (χ3v) is 4.63. The van der Waals surface area contributed by atoms with E-state index in [0.29, 0.717) is 18.7 Å². The summed E-state index contributed by atoms with van der Waals surface area (Å²) in [5.74, 6) is -0.0110. The van der Waals surface area contributed by atoms with Crippen LogP contribution < -0.4 is 5.32 Å². The molecule has 22 heavy (non-hydrogen) atoms. The minimum atomic E-state index is -0.101. The molecule has 1 fully saturated rings. The molecule has 2 aromatic heterocycles. The van der Waals surface area contributed by atoms with E-state index in [1.807, 2.05) is 22.4 Å². The van der Waals surface area contributed by atoms with Gasteiger partial charge >= 0.3 is 0 Å². The van der Waals surface area contributed by atoms with Crippen molar-refractivity contribution in [2.75, 3.05) is 13.1 Å². The zero-order chi connectivity index (χ0) is 15.4. The van der Waals surface area contributed by atoms with Gasteiger partial charge in [0.1, 0.15) is 0 Å². The number of amides is 2. The first-order chi connectivity index (χ1) is 10.7. The number of pyridine rings is 1. The number of aromatic nitrogens is 1. The second-order valence-corrected chi connectivity index (χ2v) is 6.21. The lowest BCUT2D eigenvalue weighted by molar-refractivity contribution is 0.0703. The lowest BCUT2D eigenvalue weighted by Crippen LogP contribution is -2.46. The van der Waals surface area contributed by atoms with Crippen molar-refractivity contribution in [1.82, 2.24) is 15.2 Å². The van der Waals surface area contributed by atoms with Crippen LogP contribution in [0.15, 0.2) is 42.0 Å². The fraction of sp³-hybridized carbons (Fsp3) is 0.312. The van der Waals surface area contributed by atoms with Crippen LogP contribution in [0, 0.1) is 0 Å². The first-order valence-electron chi connectivity index (χ1n) is 7.28. The zero-order valence-corrected chi connectivity index (χ0v) is 12.9. The average Bonchev–Trinajstić information content (AvgIpc) is 3.10. The topological polar surface area (TPSA) is 62.3 Å². The maximum atomic E-state index is 12.3. The van der Waals surface area contributed by atoms with Crippen LogP contribution in [0.1, 0.15) is 32.9 Å². The number of likely N-dealkylation sites (tertiary alicyclic amines) is 1. The highest BCUT2D eigenvalue weighted by Crippen LogP contribution is 2.17. The van der Waals surface area contributed by atoms with Crippen molar-refractivity contribution in [3.05, 3.63) is 52.5 Å². The molecule has 3 rings (SSSR count). The summed E-state index contributed by atoms with van der Waals surface area (Å²) in [7, 11) is 0. The Labute approximate surface area is 133 Å². The first kappa shape index (κ1) is 14.7. The molecular formula is C16H17N3O2S. The molecule has 0 aromatic carbocycles. The molecule has 2 aromatic rings. The molecule has 1 aliphatic heterocycles. The number of thiophene rings is 1. The highest BCUT2D eigenvalue weighted by atomic mass is 32.1. The smallest absolute Gasteiger partial charge is 0.263 e. The van der Waals surface area contributed by atoms with E-state index >= 15 is 0 Å². The number of carbonyl (C=O) groups excluding carboxylic acids is 2. The van der Waals surface area contributed by atoms with Crippen LogP contribution in [0.4, 0.5) is 0 Å². The minimum absolute atomic E-state index is 0.0898. The molecule has 6 heteroatoms. The third-order valence-electron chi connectivity index (χ3n) is 3.77. The summed E-state index contributed by atoms with van der Waals surface area (Å²) < 4.78 is 0. The molecule has 0 bridgehead atoms. The Balaban J connectivity index is 1.52. The van der Waals surface area contributed by atoms with Gasteiger partial charge in [-0.05, 0) is 36.4 Å². The molecule has 0 saturated carbocycles. The Kier molecular flexibility index (Phi) is 4.48. The number of piperidine rings is 1. The molecule has 2 amide bonds. The molecule has 3 heterocycles. The summed E-state index contributed by atoms with van der Waals surface area (Å²) in [6.07, 6.45) is 4.77. The fourth-order valence-corrected chi connectivity index (χ4v) is 3.24. The molecule has 0 spiro atoms. The van der Waals surface area contributed by atoms with Gasteiger partial charge in [0.05, 0.1) is 10.4 Å². The van der Waals surface area contributed by atoms with Gasteiger partial charge in [0.15, 0.2) is 0 Å². The van der Waals surface area contributed by atoms with Gasteiger partial charge in [0.2, 0.25) is 0 Å². The van der Waals surface area contributed by atoms with E-state index < -0.39 is 0 Å². The second kappa shape index (κ2) is 6.70. The highest BCUT2D eigenvalue weighted by molar-refractivity contribution is 7.12. The van der Waals surface area contributed by atoms with Crippen molar-refractivity contribution in [2.45, 2.75) is 18.9 Å². The molecule has 0 radical (unpaired) electrons. The van der Waals surface area contributed by atoms with Crippen molar-refractivity contribution in [3.63, 3.8) is 0 Å². The maximum absolute atomic E-state index is 12.3. The molecule has 5 nitrogen and oxygen atoms in total. The van der Waals surface area contributed by atoms with E-state index in [2.05, 4.69) is 10.3 Å². The van der Waals surface area contributed by atoms with Crippen molar-refractivity contribution >= 4 is 23.2 Å². The molecule has 1 saturated heterocycles. The van der Waals surface area contributed by atoms with Crippen molar-refractivity contribution in [2.24, 2.45) is 0 Å². The molecular weight excluding hydrogens is 298 g/mol. The predicted octanol–water partition coefficient (Wildman–Crippen LogP) is 2.18. The zero-order valence-electron chi connectivity index (χ0n) is 12.1. The normalized spacial score (nSPS) is 15.5. The average molecular weight is 315 g/mol. The van der Waals surface area contributed by atoms with Crippen molar-refractivity contribution in [3.8, 4) is 0 Å². The van der Waals surface area contributed by atoms with E-state index in [1.165, 1.54) is 11.3 Å². The standard InChI is InChI=1S/C16H17N3O2S/c20-15(12-3-1-7-17-11-12)18-13-5-8-19(9-6-13)16(21)14-4-2-10-22-14/h1-4,7,10-11,13H,5-6,8-9H2,(H,18,20). The first-order valence-corrected chi connectivity index (χ1v) is 8.15. The van der Waals surface area contributed by atoms with E-state index in [-0.39, 0.29) is 17.9 Å². The summed E-state index contributed by atoms with van der Waals surface area (Å²) in [4.78, 5) is 30.9. The third kappa shape index (κ3) is 3.33. The van der Waals surface area contributed by atoms with Gasteiger partial charge < -0.3 is 10.2 Å². The van der Waals surface area contributed by atoms with Gasteiger partial charge in [-0.3, -0.25) is 14.6 Å². The monoisotopic (exact) mass is 315 g/mol. The van der Waals surface area contributed by atoms with Crippen LogP contribution in [-0.4, -0.2) is 40.8 Å². The van der Waals surface area contributed by atoms with Crippen LogP contribution in [0.3, 0.4) is 0 Å². The number of hydrogen-bond donors (Lipinski definition) is 1. The second-order valence-electron chi connectivity index (χ2n) is 5.26. The number of nitrogens with one attached hydrogen (secondary N) is 1. The highest BCUT2D eigenvalue weighted by Gasteiger charge is 2.25. The van der Waals surface area contributed by atoms with Crippen LogP contribution >= 0.6 is 11.3 Å². The van der Waals surface area contributed by atoms with E-state index in [0.717, 1.165) is 17.7 Å². The molecule has 1 aliphatic rings. The Morgan fingerprint density at radius 1 is 1.23 bits per heavy atom. The molecule has 114 valence electrons. The summed E-state index contributed by atoms with van der Waals surface area (Å²) in [5.41, 5.74) is 0.569. The van der Waals surface area contributed by atoms with Gasteiger partial charge in [0.25, 0.3) is 11.8 Å². The van der Waals surface area contributed by atoms with Crippen molar-refractivity contribution < 1.29 is 9.59 Å². The largest absolute Gasteiger partial charge is 0.349 e. The number of carbonyl (C=O) groups is 2. The van der Waals surface area contributed by atoms with Crippen LogP contribution in [0.5, 0.6) is 0 Å². The summed E-state index contributed by atoms with van der Waals surface area (Å²) in [6.45, 7) is 1.35. The van der Waals surface area contributed by atoms with Gasteiger partial charge in [-0.2, -0.15) is 0 Å². The Morgan fingerprint density at radius 2 is 2.05 bits per heavy atom.